The highest BCUT2D eigenvalue weighted by molar-refractivity contribution is 7.17. The first-order valence-corrected chi connectivity index (χ1v) is 12.9. The summed E-state index contributed by atoms with van der Waals surface area (Å²) in [6, 6.07) is 12.3. The molecule has 174 valence electrons. The van der Waals surface area contributed by atoms with Crippen LogP contribution in [0.1, 0.15) is 61.6 Å². The molecule has 2 aliphatic rings. The van der Waals surface area contributed by atoms with Crippen molar-refractivity contribution >= 4 is 33.4 Å². The second-order valence-corrected chi connectivity index (χ2v) is 11.2. The molecule has 3 heterocycles. The molecule has 1 aliphatic carbocycles. The molecule has 1 fully saturated rings. The summed E-state index contributed by atoms with van der Waals surface area (Å²) in [5.74, 6) is 0.907. The van der Waals surface area contributed by atoms with E-state index < -0.39 is 5.54 Å². The first-order valence-electron chi connectivity index (χ1n) is 12.0. The molecule has 0 spiro atoms. The lowest BCUT2D eigenvalue weighted by molar-refractivity contribution is -0.134. The molecule has 0 unspecified atom stereocenters. The van der Waals surface area contributed by atoms with Crippen LogP contribution in [-0.4, -0.2) is 32.9 Å². The Morgan fingerprint density at radius 1 is 1.21 bits per heavy atom. The Hall–Kier alpha value is -2.60. The number of nitrogens with zero attached hydrogens (tertiary/aromatic N) is 2. The fraction of sp³-hybridized carbons (Fsp3) is 0.481. The average Bonchev–Trinajstić information content (AvgIpc) is 3.38. The maximum Gasteiger partial charge on any atom is 0.271 e. The highest BCUT2D eigenvalue weighted by atomic mass is 32.1. The van der Waals surface area contributed by atoms with Gasteiger partial charge in [-0.3, -0.25) is 9.59 Å². The molecule has 2 amide bonds. The number of nitrogens with one attached hydrogen (secondary N) is 1. The molecule has 1 aromatic carbocycles. The van der Waals surface area contributed by atoms with E-state index in [1.165, 1.54) is 6.42 Å². The Balaban J connectivity index is 1.54. The molecule has 6 heteroatoms. The molecule has 4 atom stereocenters. The van der Waals surface area contributed by atoms with Gasteiger partial charge in [-0.1, -0.05) is 51.0 Å². The Morgan fingerprint density at radius 3 is 2.79 bits per heavy atom. The number of hydrogen-bond acceptors (Lipinski definition) is 3. The number of thiophene rings is 1. The molecule has 1 aliphatic heterocycles. The third kappa shape index (κ3) is 3.68. The maximum absolute atomic E-state index is 14.0. The van der Waals surface area contributed by atoms with Crippen LogP contribution in [0, 0.1) is 18.8 Å². The van der Waals surface area contributed by atoms with Crippen LogP contribution in [0.4, 0.5) is 0 Å². The van der Waals surface area contributed by atoms with Gasteiger partial charge in [0.2, 0.25) is 5.91 Å². The molecule has 0 saturated heterocycles. The Bertz CT molecular complexity index is 1210. The fourth-order valence-corrected chi connectivity index (χ4v) is 6.41. The van der Waals surface area contributed by atoms with Gasteiger partial charge in [-0.25, -0.2) is 0 Å². The van der Waals surface area contributed by atoms with E-state index >= 15 is 0 Å². The maximum atomic E-state index is 14.0. The standard InChI is InChI=1S/C27H33N3O2S/c1-17-9-7-11-21(19(17)3)28-26(32)27(4)16-29-22-12-13-33-24(22)14-23(29)25(31)30(27)15-20-10-6-5-8-18(20)2/h5-6,8,10,12-14,17,19,21H,7,9,11,15-16H2,1-4H3,(H,28,32)/t17-,19+,21-,27-/m1/s1. The van der Waals surface area contributed by atoms with Gasteiger partial charge in [-0.05, 0) is 60.7 Å². The summed E-state index contributed by atoms with van der Waals surface area (Å²) in [5.41, 5.74) is 2.95. The number of hydrogen-bond donors (Lipinski definition) is 1. The highest BCUT2D eigenvalue weighted by Gasteiger charge is 2.48. The van der Waals surface area contributed by atoms with Crippen molar-refractivity contribution in [2.24, 2.45) is 11.8 Å². The van der Waals surface area contributed by atoms with Crippen LogP contribution in [0.25, 0.3) is 10.2 Å². The zero-order chi connectivity index (χ0) is 23.3. The summed E-state index contributed by atoms with van der Waals surface area (Å²) in [6.07, 6.45) is 3.35. The number of aromatic nitrogens is 1. The molecule has 5 rings (SSSR count). The van der Waals surface area contributed by atoms with E-state index in [1.807, 2.05) is 30.5 Å². The third-order valence-electron chi connectivity index (χ3n) is 8.15. The molecule has 0 bridgehead atoms. The monoisotopic (exact) mass is 463 g/mol. The van der Waals surface area contributed by atoms with Gasteiger partial charge in [0.05, 0.1) is 16.8 Å². The van der Waals surface area contributed by atoms with Crippen molar-refractivity contribution < 1.29 is 9.59 Å². The van der Waals surface area contributed by atoms with Gasteiger partial charge in [-0.2, -0.15) is 0 Å². The van der Waals surface area contributed by atoms with Gasteiger partial charge in [0.1, 0.15) is 11.2 Å². The smallest absolute Gasteiger partial charge is 0.271 e. The van der Waals surface area contributed by atoms with E-state index in [-0.39, 0.29) is 17.9 Å². The molecule has 2 aromatic heterocycles. The van der Waals surface area contributed by atoms with Gasteiger partial charge in [0, 0.05) is 12.6 Å². The first-order chi connectivity index (χ1) is 15.8. The summed E-state index contributed by atoms with van der Waals surface area (Å²) in [5, 5.41) is 5.43. The molecule has 1 N–H and O–H groups in total. The number of benzene rings is 1. The molecular weight excluding hydrogens is 430 g/mol. The van der Waals surface area contributed by atoms with E-state index in [1.54, 1.807) is 16.2 Å². The van der Waals surface area contributed by atoms with Gasteiger partial charge >= 0.3 is 0 Å². The fourth-order valence-electron chi connectivity index (χ4n) is 5.59. The second kappa shape index (κ2) is 8.32. The highest BCUT2D eigenvalue weighted by Crippen LogP contribution is 2.36. The predicted molar refractivity (Wildman–Crippen MR) is 133 cm³/mol. The van der Waals surface area contributed by atoms with E-state index in [4.69, 9.17) is 0 Å². The largest absolute Gasteiger partial charge is 0.351 e. The van der Waals surface area contributed by atoms with Crippen molar-refractivity contribution in [3.63, 3.8) is 0 Å². The normalized spacial score (nSPS) is 27.6. The van der Waals surface area contributed by atoms with Crippen LogP contribution < -0.4 is 5.32 Å². The van der Waals surface area contributed by atoms with E-state index in [2.05, 4.69) is 48.9 Å². The van der Waals surface area contributed by atoms with Gasteiger partial charge in [-0.15, -0.1) is 11.3 Å². The first kappa shape index (κ1) is 22.2. The zero-order valence-corrected chi connectivity index (χ0v) is 20.7. The van der Waals surface area contributed by atoms with E-state index in [0.717, 1.165) is 34.2 Å². The summed E-state index contributed by atoms with van der Waals surface area (Å²) in [4.78, 5) is 29.6. The summed E-state index contributed by atoms with van der Waals surface area (Å²) in [7, 11) is 0. The lowest BCUT2D eigenvalue weighted by Crippen LogP contribution is -2.65. The molecule has 1 saturated carbocycles. The van der Waals surface area contributed by atoms with Gasteiger partial charge < -0.3 is 14.8 Å². The molecule has 0 radical (unpaired) electrons. The number of aryl methyl sites for hydroxylation is 1. The third-order valence-corrected chi connectivity index (χ3v) is 9.00. The lowest BCUT2D eigenvalue weighted by atomic mass is 9.77. The Morgan fingerprint density at radius 2 is 2.00 bits per heavy atom. The topological polar surface area (TPSA) is 54.3 Å². The molecule has 3 aromatic rings. The minimum atomic E-state index is -0.972. The van der Waals surface area contributed by atoms with Crippen LogP contribution in [-0.2, 0) is 17.9 Å². The van der Waals surface area contributed by atoms with Crippen molar-refractivity contribution in [2.45, 2.75) is 71.6 Å². The van der Waals surface area contributed by atoms with Crippen LogP contribution >= 0.6 is 11.3 Å². The Kier molecular flexibility index (Phi) is 5.60. The average molecular weight is 464 g/mol. The van der Waals surface area contributed by atoms with Crippen LogP contribution in [0.2, 0.25) is 0 Å². The SMILES string of the molecule is Cc1ccccc1CN1C(=O)c2cc3sccc3n2C[C@]1(C)C(=O)N[C@@H]1CCC[C@@H](C)[C@@H]1C. The number of fused-ring (bicyclic) bond motifs is 3. The van der Waals surface area contributed by atoms with Crippen molar-refractivity contribution in [1.29, 1.82) is 0 Å². The number of rotatable bonds is 4. The van der Waals surface area contributed by atoms with Crippen molar-refractivity contribution in [2.75, 3.05) is 0 Å². The van der Waals surface area contributed by atoms with Crippen LogP contribution in [0.3, 0.4) is 0 Å². The predicted octanol–water partition coefficient (Wildman–Crippen LogP) is 5.37. The lowest BCUT2D eigenvalue weighted by Gasteiger charge is -2.46. The minimum Gasteiger partial charge on any atom is -0.351 e. The number of carbonyl (C=O) groups excluding carboxylic acids is 2. The summed E-state index contributed by atoms with van der Waals surface area (Å²) < 4.78 is 3.14. The number of amides is 2. The van der Waals surface area contributed by atoms with E-state index in [0.29, 0.717) is 30.6 Å². The molecular formula is C27H33N3O2S. The molecule has 5 nitrogen and oxygen atoms in total. The van der Waals surface area contributed by atoms with Crippen molar-refractivity contribution in [1.82, 2.24) is 14.8 Å². The van der Waals surface area contributed by atoms with Gasteiger partial charge in [0.15, 0.2) is 0 Å². The minimum absolute atomic E-state index is 0.0434. The Labute approximate surface area is 199 Å². The van der Waals surface area contributed by atoms with Crippen LogP contribution in [0.5, 0.6) is 0 Å². The van der Waals surface area contributed by atoms with E-state index in [9.17, 15) is 9.59 Å². The number of carbonyl (C=O) groups is 2. The van der Waals surface area contributed by atoms with Crippen LogP contribution in [0.15, 0.2) is 41.8 Å². The summed E-state index contributed by atoms with van der Waals surface area (Å²) in [6.45, 7) is 9.40. The second-order valence-electron chi connectivity index (χ2n) is 10.2. The van der Waals surface area contributed by atoms with Gasteiger partial charge in [0.25, 0.3) is 5.91 Å². The molecule has 33 heavy (non-hydrogen) atoms. The van der Waals surface area contributed by atoms with Crippen molar-refractivity contribution in [3.8, 4) is 0 Å². The quantitative estimate of drug-likeness (QED) is 0.566. The summed E-state index contributed by atoms with van der Waals surface area (Å²) >= 11 is 1.64. The zero-order valence-electron chi connectivity index (χ0n) is 19.9. The van der Waals surface area contributed by atoms with Crippen molar-refractivity contribution in [3.05, 3.63) is 58.6 Å².